The highest BCUT2D eigenvalue weighted by Gasteiger charge is 2.30. The molecule has 3 rings (SSSR count). The standard InChI is InChI=1S/C18H19NO3S/c1-13-7-10-15(11-8-13)23(20,21)19-18-16-6-4-3-5-14(16)9-12-17(18)22-2/h3-12,17-19H,1-2H3/t17-,18-/m1/s1. The molecule has 0 spiro atoms. The summed E-state index contributed by atoms with van der Waals surface area (Å²) >= 11 is 0. The van der Waals surface area contributed by atoms with E-state index in [0.29, 0.717) is 0 Å². The molecule has 2 aromatic carbocycles. The first-order valence-electron chi connectivity index (χ1n) is 7.40. The van der Waals surface area contributed by atoms with Gasteiger partial charge in [-0.05, 0) is 30.2 Å². The van der Waals surface area contributed by atoms with Gasteiger partial charge in [0.25, 0.3) is 0 Å². The minimum Gasteiger partial charge on any atom is -0.375 e. The monoisotopic (exact) mass is 329 g/mol. The first-order valence-corrected chi connectivity index (χ1v) is 8.88. The molecular formula is C18H19NO3S. The summed E-state index contributed by atoms with van der Waals surface area (Å²) in [6.07, 6.45) is 3.50. The summed E-state index contributed by atoms with van der Waals surface area (Å²) < 4.78 is 33.6. The van der Waals surface area contributed by atoms with E-state index in [0.717, 1.165) is 16.7 Å². The molecule has 0 saturated carbocycles. The summed E-state index contributed by atoms with van der Waals surface area (Å²) in [7, 11) is -2.05. The van der Waals surface area contributed by atoms with Gasteiger partial charge in [0.1, 0.15) is 0 Å². The number of hydrogen-bond donors (Lipinski definition) is 1. The molecule has 0 heterocycles. The number of methoxy groups -OCH3 is 1. The van der Waals surface area contributed by atoms with Crippen molar-refractivity contribution in [1.29, 1.82) is 0 Å². The second kappa shape index (κ2) is 6.28. The topological polar surface area (TPSA) is 55.4 Å². The van der Waals surface area contributed by atoms with Gasteiger partial charge in [-0.15, -0.1) is 0 Å². The van der Waals surface area contributed by atoms with Crippen LogP contribution in [0.1, 0.15) is 22.7 Å². The second-order valence-electron chi connectivity index (χ2n) is 5.60. The molecule has 0 saturated heterocycles. The van der Waals surface area contributed by atoms with E-state index in [9.17, 15) is 8.42 Å². The summed E-state index contributed by atoms with van der Waals surface area (Å²) in [6, 6.07) is 14.1. The van der Waals surface area contributed by atoms with Crippen molar-refractivity contribution >= 4 is 16.1 Å². The molecule has 0 radical (unpaired) electrons. The summed E-state index contributed by atoms with van der Waals surface area (Å²) in [4.78, 5) is 0.255. The number of ether oxygens (including phenoxy) is 1. The van der Waals surface area contributed by atoms with Crippen molar-refractivity contribution in [3.8, 4) is 0 Å². The van der Waals surface area contributed by atoms with Crippen molar-refractivity contribution < 1.29 is 13.2 Å². The number of nitrogens with one attached hydrogen (secondary N) is 1. The Balaban J connectivity index is 1.96. The minimum atomic E-state index is -3.63. The lowest BCUT2D eigenvalue weighted by Gasteiger charge is -2.29. The number of fused-ring (bicyclic) bond motifs is 1. The Kier molecular flexibility index (Phi) is 4.35. The third-order valence-electron chi connectivity index (χ3n) is 4.01. The first kappa shape index (κ1) is 15.9. The normalized spacial score (nSPS) is 20.3. The van der Waals surface area contributed by atoms with Gasteiger partial charge < -0.3 is 4.74 Å². The zero-order chi connectivity index (χ0) is 16.4. The molecule has 0 bridgehead atoms. The predicted molar refractivity (Wildman–Crippen MR) is 90.5 cm³/mol. The molecule has 2 atom stereocenters. The van der Waals surface area contributed by atoms with Crippen LogP contribution in [-0.2, 0) is 14.8 Å². The number of hydrogen-bond acceptors (Lipinski definition) is 3. The van der Waals surface area contributed by atoms with E-state index >= 15 is 0 Å². The highest BCUT2D eigenvalue weighted by molar-refractivity contribution is 7.89. The van der Waals surface area contributed by atoms with E-state index in [-0.39, 0.29) is 11.0 Å². The van der Waals surface area contributed by atoms with Crippen LogP contribution >= 0.6 is 0 Å². The fraction of sp³-hybridized carbons (Fsp3) is 0.222. The molecule has 4 nitrogen and oxygen atoms in total. The van der Waals surface area contributed by atoms with E-state index in [4.69, 9.17) is 4.74 Å². The van der Waals surface area contributed by atoms with Crippen molar-refractivity contribution in [1.82, 2.24) is 4.72 Å². The molecule has 0 aliphatic heterocycles. The summed E-state index contributed by atoms with van der Waals surface area (Å²) in [5.41, 5.74) is 2.93. The van der Waals surface area contributed by atoms with E-state index in [2.05, 4.69) is 4.72 Å². The minimum absolute atomic E-state index is 0.255. The number of benzene rings is 2. The quantitative estimate of drug-likeness (QED) is 0.938. The van der Waals surface area contributed by atoms with Crippen molar-refractivity contribution in [2.24, 2.45) is 0 Å². The Morgan fingerprint density at radius 1 is 1.04 bits per heavy atom. The van der Waals surface area contributed by atoms with Gasteiger partial charge in [0, 0.05) is 7.11 Å². The number of aryl methyl sites for hydroxylation is 1. The second-order valence-corrected chi connectivity index (χ2v) is 7.31. The molecule has 1 N–H and O–H groups in total. The SMILES string of the molecule is CO[C@@H]1C=Cc2ccccc2[C@H]1NS(=O)(=O)c1ccc(C)cc1. The largest absolute Gasteiger partial charge is 0.375 e. The molecule has 120 valence electrons. The van der Waals surface area contributed by atoms with E-state index < -0.39 is 16.1 Å². The molecular weight excluding hydrogens is 310 g/mol. The average Bonchev–Trinajstić information content (AvgIpc) is 2.55. The van der Waals surface area contributed by atoms with Gasteiger partial charge in [-0.2, -0.15) is 0 Å². The Bertz CT molecular complexity index is 826. The van der Waals surface area contributed by atoms with Crippen LogP contribution in [0.5, 0.6) is 0 Å². The average molecular weight is 329 g/mol. The molecule has 0 unspecified atom stereocenters. The zero-order valence-corrected chi connectivity index (χ0v) is 13.9. The van der Waals surface area contributed by atoms with E-state index in [1.165, 1.54) is 0 Å². The molecule has 0 fully saturated rings. The van der Waals surface area contributed by atoms with Crippen LogP contribution < -0.4 is 4.72 Å². The van der Waals surface area contributed by atoms with Gasteiger partial charge in [-0.25, -0.2) is 13.1 Å². The van der Waals surface area contributed by atoms with Crippen LogP contribution in [0, 0.1) is 6.92 Å². The van der Waals surface area contributed by atoms with Crippen molar-refractivity contribution in [3.63, 3.8) is 0 Å². The Labute approximate surface area is 136 Å². The van der Waals surface area contributed by atoms with Gasteiger partial charge in [0.2, 0.25) is 10.0 Å². The summed E-state index contributed by atoms with van der Waals surface area (Å²) in [5, 5.41) is 0. The van der Waals surface area contributed by atoms with Crippen molar-refractivity contribution in [2.75, 3.05) is 7.11 Å². The van der Waals surface area contributed by atoms with Gasteiger partial charge >= 0.3 is 0 Å². The van der Waals surface area contributed by atoms with Crippen LogP contribution in [0.2, 0.25) is 0 Å². The lowest BCUT2D eigenvalue weighted by atomic mass is 9.91. The van der Waals surface area contributed by atoms with Crippen LogP contribution in [-0.4, -0.2) is 21.6 Å². The van der Waals surface area contributed by atoms with Crippen molar-refractivity contribution in [3.05, 3.63) is 71.3 Å². The summed E-state index contributed by atoms with van der Waals surface area (Å²) in [5.74, 6) is 0. The summed E-state index contributed by atoms with van der Waals surface area (Å²) in [6.45, 7) is 1.92. The third-order valence-corrected chi connectivity index (χ3v) is 5.47. The molecule has 1 aliphatic rings. The molecule has 0 aromatic heterocycles. The smallest absolute Gasteiger partial charge is 0.241 e. The maximum absolute atomic E-state index is 12.7. The molecule has 2 aromatic rings. The van der Waals surface area contributed by atoms with Crippen molar-refractivity contribution in [2.45, 2.75) is 24.0 Å². The molecule has 23 heavy (non-hydrogen) atoms. The van der Waals surface area contributed by atoms with Crippen LogP contribution in [0.4, 0.5) is 0 Å². The lowest BCUT2D eigenvalue weighted by molar-refractivity contribution is 0.112. The first-order chi connectivity index (χ1) is 11.0. The van der Waals surface area contributed by atoms with Gasteiger partial charge in [-0.1, -0.05) is 54.1 Å². The van der Waals surface area contributed by atoms with Crippen LogP contribution in [0.25, 0.3) is 6.08 Å². The fourth-order valence-corrected chi connectivity index (χ4v) is 3.96. The number of sulfonamides is 1. The van der Waals surface area contributed by atoms with Crippen LogP contribution in [0.3, 0.4) is 0 Å². The lowest BCUT2D eigenvalue weighted by Crippen LogP contribution is -2.38. The molecule has 0 amide bonds. The highest BCUT2D eigenvalue weighted by Crippen LogP contribution is 2.30. The van der Waals surface area contributed by atoms with Crippen LogP contribution in [0.15, 0.2) is 59.5 Å². The maximum Gasteiger partial charge on any atom is 0.241 e. The highest BCUT2D eigenvalue weighted by atomic mass is 32.2. The van der Waals surface area contributed by atoms with Gasteiger partial charge in [-0.3, -0.25) is 0 Å². The predicted octanol–water partition coefficient (Wildman–Crippen LogP) is 3.06. The van der Waals surface area contributed by atoms with Gasteiger partial charge in [0.05, 0.1) is 17.0 Å². The fourth-order valence-electron chi connectivity index (χ4n) is 2.73. The Morgan fingerprint density at radius 3 is 2.43 bits per heavy atom. The Hall–Kier alpha value is -1.95. The number of rotatable bonds is 4. The Morgan fingerprint density at radius 2 is 1.74 bits per heavy atom. The van der Waals surface area contributed by atoms with E-state index in [1.54, 1.807) is 31.4 Å². The zero-order valence-electron chi connectivity index (χ0n) is 13.1. The van der Waals surface area contributed by atoms with E-state index in [1.807, 2.05) is 43.3 Å². The molecule has 1 aliphatic carbocycles. The third kappa shape index (κ3) is 3.22. The maximum atomic E-state index is 12.7. The molecule has 5 heteroatoms. The van der Waals surface area contributed by atoms with Gasteiger partial charge in [0.15, 0.2) is 0 Å².